The van der Waals surface area contributed by atoms with Crippen molar-refractivity contribution in [2.24, 2.45) is 7.05 Å². The highest BCUT2D eigenvalue weighted by Gasteiger charge is 2.20. The third kappa shape index (κ3) is 2.56. The summed E-state index contributed by atoms with van der Waals surface area (Å²) in [5, 5.41) is 7.89. The standard InChI is InChI=1S/C13H19N3O2/c1-4-7-14-13(11-6-5-8-18-11)10-9-12(17-3)16(2)15-10/h5-6,8-9,13-14H,4,7H2,1-3H3. The van der Waals surface area contributed by atoms with Crippen LogP contribution in [0.15, 0.2) is 28.9 Å². The third-order valence-corrected chi connectivity index (χ3v) is 2.79. The molecule has 0 aliphatic carbocycles. The Kier molecular flexibility index (Phi) is 4.04. The Morgan fingerprint density at radius 1 is 1.56 bits per heavy atom. The Labute approximate surface area is 107 Å². The molecule has 0 radical (unpaired) electrons. The SMILES string of the molecule is CCCNC(c1cc(OC)n(C)n1)c1ccco1. The number of furan rings is 1. The smallest absolute Gasteiger partial charge is 0.211 e. The van der Waals surface area contributed by atoms with Gasteiger partial charge in [-0.05, 0) is 25.1 Å². The van der Waals surface area contributed by atoms with Crippen molar-refractivity contribution in [3.05, 3.63) is 35.9 Å². The van der Waals surface area contributed by atoms with Crippen molar-refractivity contribution in [3.63, 3.8) is 0 Å². The third-order valence-electron chi connectivity index (χ3n) is 2.79. The topological polar surface area (TPSA) is 52.2 Å². The molecule has 2 heterocycles. The van der Waals surface area contributed by atoms with E-state index in [1.54, 1.807) is 18.1 Å². The number of hydrogen-bond acceptors (Lipinski definition) is 4. The van der Waals surface area contributed by atoms with Gasteiger partial charge in [-0.1, -0.05) is 6.92 Å². The fourth-order valence-electron chi connectivity index (χ4n) is 1.90. The Morgan fingerprint density at radius 3 is 2.94 bits per heavy atom. The molecule has 0 saturated carbocycles. The van der Waals surface area contributed by atoms with E-state index in [4.69, 9.17) is 9.15 Å². The molecule has 5 heteroatoms. The van der Waals surface area contributed by atoms with E-state index in [-0.39, 0.29) is 6.04 Å². The Hall–Kier alpha value is -1.75. The van der Waals surface area contributed by atoms with E-state index < -0.39 is 0 Å². The van der Waals surface area contributed by atoms with Crippen LogP contribution >= 0.6 is 0 Å². The Morgan fingerprint density at radius 2 is 2.39 bits per heavy atom. The molecule has 0 fully saturated rings. The predicted octanol–water partition coefficient (Wildman–Crippen LogP) is 2.11. The molecule has 2 aromatic heterocycles. The first-order valence-electron chi connectivity index (χ1n) is 6.11. The van der Waals surface area contributed by atoms with Crippen LogP contribution in [-0.2, 0) is 7.05 Å². The summed E-state index contributed by atoms with van der Waals surface area (Å²) in [4.78, 5) is 0. The minimum Gasteiger partial charge on any atom is -0.481 e. The zero-order valence-corrected chi connectivity index (χ0v) is 11.0. The van der Waals surface area contributed by atoms with E-state index >= 15 is 0 Å². The second-order valence-corrected chi connectivity index (χ2v) is 4.14. The van der Waals surface area contributed by atoms with Gasteiger partial charge in [0, 0.05) is 13.1 Å². The summed E-state index contributed by atoms with van der Waals surface area (Å²) in [7, 11) is 3.50. The van der Waals surface area contributed by atoms with Crippen LogP contribution in [0.4, 0.5) is 0 Å². The fraction of sp³-hybridized carbons (Fsp3) is 0.462. The van der Waals surface area contributed by atoms with Crippen LogP contribution < -0.4 is 10.1 Å². The van der Waals surface area contributed by atoms with Crippen molar-refractivity contribution in [1.82, 2.24) is 15.1 Å². The number of aryl methyl sites for hydroxylation is 1. The fourth-order valence-corrected chi connectivity index (χ4v) is 1.90. The molecule has 0 spiro atoms. The van der Waals surface area contributed by atoms with Crippen LogP contribution in [0.2, 0.25) is 0 Å². The first kappa shape index (κ1) is 12.7. The molecular weight excluding hydrogens is 230 g/mol. The second-order valence-electron chi connectivity index (χ2n) is 4.14. The van der Waals surface area contributed by atoms with Crippen molar-refractivity contribution in [2.45, 2.75) is 19.4 Å². The second kappa shape index (κ2) is 5.73. The molecule has 1 N–H and O–H groups in total. The number of methoxy groups -OCH3 is 1. The summed E-state index contributed by atoms with van der Waals surface area (Å²) in [5.74, 6) is 1.60. The van der Waals surface area contributed by atoms with Gasteiger partial charge in [0.25, 0.3) is 0 Å². The molecule has 2 rings (SSSR count). The summed E-state index contributed by atoms with van der Waals surface area (Å²) in [6.07, 6.45) is 2.73. The lowest BCUT2D eigenvalue weighted by Gasteiger charge is -2.13. The molecule has 98 valence electrons. The van der Waals surface area contributed by atoms with Crippen molar-refractivity contribution in [2.75, 3.05) is 13.7 Å². The largest absolute Gasteiger partial charge is 0.481 e. The highest BCUT2D eigenvalue weighted by Crippen LogP contribution is 2.24. The van der Waals surface area contributed by atoms with Crippen LogP contribution in [0, 0.1) is 0 Å². The molecule has 0 aromatic carbocycles. The molecule has 1 unspecified atom stereocenters. The lowest BCUT2D eigenvalue weighted by atomic mass is 10.1. The van der Waals surface area contributed by atoms with Gasteiger partial charge in [0.1, 0.15) is 11.8 Å². The number of nitrogens with zero attached hydrogens (tertiary/aromatic N) is 2. The quantitative estimate of drug-likeness (QED) is 0.852. The molecule has 0 amide bonds. The molecule has 2 aromatic rings. The predicted molar refractivity (Wildman–Crippen MR) is 68.6 cm³/mol. The number of rotatable bonds is 6. The van der Waals surface area contributed by atoms with Crippen LogP contribution in [0.3, 0.4) is 0 Å². The zero-order chi connectivity index (χ0) is 13.0. The minimum atomic E-state index is -0.0324. The highest BCUT2D eigenvalue weighted by molar-refractivity contribution is 5.25. The minimum absolute atomic E-state index is 0.0324. The van der Waals surface area contributed by atoms with Crippen molar-refractivity contribution in [3.8, 4) is 5.88 Å². The van der Waals surface area contributed by atoms with Gasteiger partial charge >= 0.3 is 0 Å². The normalized spacial score (nSPS) is 12.6. The van der Waals surface area contributed by atoms with Crippen LogP contribution in [0.25, 0.3) is 0 Å². The molecule has 1 atom stereocenters. The average molecular weight is 249 g/mol. The van der Waals surface area contributed by atoms with Crippen molar-refractivity contribution >= 4 is 0 Å². The maximum Gasteiger partial charge on any atom is 0.211 e. The lowest BCUT2D eigenvalue weighted by molar-refractivity contribution is 0.373. The first-order chi connectivity index (χ1) is 8.76. The van der Waals surface area contributed by atoms with E-state index in [0.717, 1.165) is 30.3 Å². The molecular formula is C13H19N3O2. The molecule has 0 aliphatic heterocycles. The van der Waals surface area contributed by atoms with E-state index in [1.807, 2.05) is 25.2 Å². The zero-order valence-electron chi connectivity index (χ0n) is 11.0. The Bertz CT molecular complexity index is 476. The summed E-state index contributed by atoms with van der Waals surface area (Å²) in [5.41, 5.74) is 0.901. The van der Waals surface area contributed by atoms with Crippen LogP contribution in [-0.4, -0.2) is 23.4 Å². The van der Waals surface area contributed by atoms with E-state index in [0.29, 0.717) is 0 Å². The average Bonchev–Trinajstić information content (AvgIpc) is 3.00. The summed E-state index contributed by atoms with van der Waals surface area (Å²) in [6.45, 7) is 3.04. The molecule has 0 aliphatic rings. The van der Waals surface area contributed by atoms with Gasteiger partial charge in [-0.2, -0.15) is 5.10 Å². The van der Waals surface area contributed by atoms with Crippen LogP contribution in [0.5, 0.6) is 5.88 Å². The van der Waals surface area contributed by atoms with Gasteiger partial charge < -0.3 is 14.5 Å². The first-order valence-corrected chi connectivity index (χ1v) is 6.11. The molecule has 5 nitrogen and oxygen atoms in total. The summed E-state index contributed by atoms with van der Waals surface area (Å²) in [6, 6.07) is 5.73. The van der Waals surface area contributed by atoms with E-state index in [9.17, 15) is 0 Å². The van der Waals surface area contributed by atoms with Gasteiger partial charge in [-0.25, -0.2) is 4.68 Å². The number of hydrogen-bond donors (Lipinski definition) is 1. The van der Waals surface area contributed by atoms with Gasteiger partial charge in [0.2, 0.25) is 5.88 Å². The number of ether oxygens (including phenoxy) is 1. The monoisotopic (exact) mass is 249 g/mol. The summed E-state index contributed by atoms with van der Waals surface area (Å²) >= 11 is 0. The van der Waals surface area contributed by atoms with Crippen LogP contribution in [0.1, 0.15) is 30.8 Å². The molecule has 0 bridgehead atoms. The van der Waals surface area contributed by atoms with Gasteiger partial charge in [0.15, 0.2) is 0 Å². The lowest BCUT2D eigenvalue weighted by Crippen LogP contribution is -2.23. The van der Waals surface area contributed by atoms with Crippen molar-refractivity contribution < 1.29 is 9.15 Å². The maximum atomic E-state index is 5.48. The molecule has 0 saturated heterocycles. The van der Waals surface area contributed by atoms with E-state index in [2.05, 4.69) is 17.3 Å². The Balaban J connectivity index is 2.27. The van der Waals surface area contributed by atoms with Gasteiger partial charge in [0.05, 0.1) is 19.1 Å². The number of aromatic nitrogens is 2. The molecule has 18 heavy (non-hydrogen) atoms. The number of nitrogens with one attached hydrogen (secondary N) is 1. The summed E-state index contributed by atoms with van der Waals surface area (Å²) < 4.78 is 12.4. The van der Waals surface area contributed by atoms with Crippen molar-refractivity contribution in [1.29, 1.82) is 0 Å². The highest BCUT2D eigenvalue weighted by atomic mass is 16.5. The maximum absolute atomic E-state index is 5.48. The van der Waals surface area contributed by atoms with E-state index in [1.165, 1.54) is 0 Å². The van der Waals surface area contributed by atoms with Gasteiger partial charge in [-0.3, -0.25) is 0 Å². The van der Waals surface area contributed by atoms with Gasteiger partial charge in [-0.15, -0.1) is 0 Å².